The van der Waals surface area contributed by atoms with Gasteiger partial charge in [-0.1, -0.05) is 0 Å². The van der Waals surface area contributed by atoms with E-state index in [1.165, 1.54) is 12.1 Å². The van der Waals surface area contributed by atoms with Crippen molar-refractivity contribution < 1.29 is 8.78 Å². The molecule has 4 rings (SSSR count). The monoisotopic (exact) mass is 301 g/mol. The van der Waals surface area contributed by atoms with E-state index < -0.39 is 11.6 Å². The van der Waals surface area contributed by atoms with Crippen LogP contribution in [0.15, 0.2) is 36.8 Å². The van der Waals surface area contributed by atoms with E-state index in [1.54, 1.807) is 23.1 Å². The maximum absolute atomic E-state index is 14.1. The van der Waals surface area contributed by atoms with Crippen LogP contribution in [-0.4, -0.2) is 26.1 Å². The van der Waals surface area contributed by atoms with Gasteiger partial charge in [0.15, 0.2) is 5.65 Å². The summed E-state index contributed by atoms with van der Waals surface area (Å²) in [6, 6.07) is 5.09. The molecule has 0 aliphatic carbocycles. The first kappa shape index (κ1) is 13.1. The summed E-state index contributed by atoms with van der Waals surface area (Å²) < 4.78 is 29.1. The van der Waals surface area contributed by atoms with Crippen molar-refractivity contribution in [2.45, 2.75) is 18.9 Å². The molecule has 3 heterocycles. The average Bonchev–Trinajstić information content (AvgIpc) is 3.17. The molecule has 7 heteroatoms. The Kier molecular flexibility index (Phi) is 2.99. The number of rotatable bonds is 2. The third kappa shape index (κ3) is 2.09. The van der Waals surface area contributed by atoms with Crippen LogP contribution in [0.5, 0.6) is 0 Å². The highest BCUT2D eigenvalue weighted by atomic mass is 19.1. The van der Waals surface area contributed by atoms with Gasteiger partial charge in [0.2, 0.25) is 5.95 Å². The van der Waals surface area contributed by atoms with Gasteiger partial charge < -0.3 is 4.90 Å². The first-order valence-corrected chi connectivity index (χ1v) is 7.10. The van der Waals surface area contributed by atoms with Crippen LogP contribution < -0.4 is 4.90 Å². The molecule has 0 saturated carbocycles. The van der Waals surface area contributed by atoms with Crippen molar-refractivity contribution in [1.29, 1.82) is 0 Å². The molecule has 5 nitrogen and oxygen atoms in total. The van der Waals surface area contributed by atoms with Gasteiger partial charge in [0, 0.05) is 18.2 Å². The molecule has 22 heavy (non-hydrogen) atoms. The van der Waals surface area contributed by atoms with Gasteiger partial charge in [-0.05, 0) is 31.0 Å². The number of halogens is 2. The summed E-state index contributed by atoms with van der Waals surface area (Å²) in [6.45, 7) is 0.713. The van der Waals surface area contributed by atoms with Crippen molar-refractivity contribution in [2.24, 2.45) is 0 Å². The second-order valence-electron chi connectivity index (χ2n) is 5.31. The van der Waals surface area contributed by atoms with Crippen LogP contribution in [0.3, 0.4) is 0 Å². The van der Waals surface area contributed by atoms with Crippen molar-refractivity contribution in [2.75, 3.05) is 11.4 Å². The summed E-state index contributed by atoms with van der Waals surface area (Å²) in [5.74, 6) is -0.321. The zero-order chi connectivity index (χ0) is 15.1. The van der Waals surface area contributed by atoms with Crippen LogP contribution in [0, 0.1) is 11.6 Å². The van der Waals surface area contributed by atoms with E-state index in [0.717, 1.165) is 18.9 Å². The Morgan fingerprint density at radius 2 is 2.09 bits per heavy atom. The Bertz CT molecular complexity index is 832. The topological polar surface area (TPSA) is 46.3 Å². The maximum Gasteiger partial charge on any atom is 0.229 e. The summed E-state index contributed by atoms with van der Waals surface area (Å²) in [5, 5.41) is 4.05. The van der Waals surface area contributed by atoms with Gasteiger partial charge in [0.1, 0.15) is 18.0 Å². The maximum atomic E-state index is 14.1. The number of hydrogen-bond acceptors (Lipinski definition) is 4. The van der Waals surface area contributed by atoms with Crippen molar-refractivity contribution in [3.8, 4) is 0 Å². The molecular weight excluding hydrogens is 288 g/mol. The normalized spacial score (nSPS) is 18.3. The lowest BCUT2D eigenvalue weighted by Gasteiger charge is -2.25. The first-order chi connectivity index (χ1) is 10.7. The molecule has 3 aromatic rings. The second kappa shape index (κ2) is 5.01. The molecule has 0 amide bonds. The molecule has 1 fully saturated rings. The molecule has 1 unspecified atom stereocenters. The smallest absolute Gasteiger partial charge is 0.229 e. The second-order valence-corrected chi connectivity index (χ2v) is 5.31. The Morgan fingerprint density at radius 3 is 3.00 bits per heavy atom. The van der Waals surface area contributed by atoms with Crippen LogP contribution >= 0.6 is 0 Å². The highest BCUT2D eigenvalue weighted by Gasteiger charge is 2.30. The Morgan fingerprint density at radius 1 is 1.18 bits per heavy atom. The van der Waals surface area contributed by atoms with Crippen LogP contribution in [-0.2, 0) is 0 Å². The highest BCUT2D eigenvalue weighted by Crippen LogP contribution is 2.35. The summed E-state index contributed by atoms with van der Waals surface area (Å²) in [6.07, 6.45) is 4.85. The number of hydrogen-bond donors (Lipinski definition) is 0. The van der Waals surface area contributed by atoms with Gasteiger partial charge >= 0.3 is 0 Å². The van der Waals surface area contributed by atoms with Gasteiger partial charge in [0.05, 0.1) is 12.2 Å². The lowest BCUT2D eigenvalue weighted by Crippen LogP contribution is -2.25. The summed E-state index contributed by atoms with van der Waals surface area (Å²) in [4.78, 5) is 10.7. The molecule has 112 valence electrons. The molecule has 1 aliphatic rings. The lowest BCUT2D eigenvalue weighted by molar-refractivity contribution is 0.559. The van der Waals surface area contributed by atoms with E-state index in [9.17, 15) is 8.78 Å². The van der Waals surface area contributed by atoms with Crippen molar-refractivity contribution in [3.63, 3.8) is 0 Å². The van der Waals surface area contributed by atoms with Crippen molar-refractivity contribution >= 4 is 11.6 Å². The van der Waals surface area contributed by atoms with Gasteiger partial charge in [-0.3, -0.25) is 0 Å². The zero-order valence-electron chi connectivity index (χ0n) is 11.7. The summed E-state index contributed by atoms with van der Waals surface area (Å²) in [5.41, 5.74) is 1.03. The largest absolute Gasteiger partial charge is 0.334 e. The van der Waals surface area contributed by atoms with Gasteiger partial charge in [-0.25, -0.2) is 18.3 Å². The predicted molar refractivity (Wildman–Crippen MR) is 76.5 cm³/mol. The fourth-order valence-corrected chi connectivity index (χ4v) is 2.96. The van der Waals surface area contributed by atoms with E-state index in [4.69, 9.17) is 0 Å². The molecule has 1 aromatic carbocycles. The molecule has 2 aromatic heterocycles. The van der Waals surface area contributed by atoms with E-state index >= 15 is 0 Å². The minimum absolute atomic E-state index is 0.249. The number of aromatic nitrogens is 4. The third-order valence-corrected chi connectivity index (χ3v) is 3.97. The van der Waals surface area contributed by atoms with Gasteiger partial charge in [0.25, 0.3) is 0 Å². The van der Waals surface area contributed by atoms with E-state index in [-0.39, 0.29) is 6.04 Å². The molecule has 0 bridgehead atoms. The number of benzene rings is 1. The van der Waals surface area contributed by atoms with E-state index in [0.29, 0.717) is 23.7 Å². The van der Waals surface area contributed by atoms with Crippen LogP contribution in [0.25, 0.3) is 5.65 Å². The Balaban J connectivity index is 1.75. The first-order valence-electron chi connectivity index (χ1n) is 7.10. The minimum atomic E-state index is -0.435. The lowest BCUT2D eigenvalue weighted by atomic mass is 10.0. The number of anilines is 1. The highest BCUT2D eigenvalue weighted by molar-refractivity contribution is 5.45. The number of nitrogens with zero attached hydrogens (tertiary/aromatic N) is 5. The fourth-order valence-electron chi connectivity index (χ4n) is 2.96. The third-order valence-electron chi connectivity index (χ3n) is 3.97. The van der Waals surface area contributed by atoms with Crippen molar-refractivity contribution in [1.82, 2.24) is 19.6 Å². The Hall–Kier alpha value is -2.57. The standard InChI is InChI=1S/C15H13F2N5/c16-10-3-4-12(17)11(8-10)13-2-1-7-21(13)15-18-9-22-14(20-15)5-6-19-22/h3-6,8-9,13H,1-2,7H2. The summed E-state index contributed by atoms with van der Waals surface area (Å²) >= 11 is 0. The van der Waals surface area contributed by atoms with Crippen LogP contribution in [0.4, 0.5) is 14.7 Å². The fraction of sp³-hybridized carbons (Fsp3) is 0.267. The van der Waals surface area contributed by atoms with Gasteiger partial charge in [-0.15, -0.1) is 0 Å². The quantitative estimate of drug-likeness (QED) is 0.730. The predicted octanol–water partition coefficient (Wildman–Crippen LogP) is 2.74. The minimum Gasteiger partial charge on any atom is -0.334 e. The summed E-state index contributed by atoms with van der Waals surface area (Å²) in [7, 11) is 0. The van der Waals surface area contributed by atoms with E-state index in [2.05, 4.69) is 15.1 Å². The molecule has 0 radical (unpaired) electrons. The van der Waals surface area contributed by atoms with Crippen LogP contribution in [0.1, 0.15) is 24.4 Å². The van der Waals surface area contributed by atoms with Crippen LogP contribution in [0.2, 0.25) is 0 Å². The molecule has 1 saturated heterocycles. The molecule has 0 N–H and O–H groups in total. The number of fused-ring (bicyclic) bond motifs is 1. The van der Waals surface area contributed by atoms with E-state index in [1.807, 2.05) is 4.90 Å². The Labute approximate surface area is 125 Å². The molecular formula is C15H13F2N5. The van der Waals surface area contributed by atoms with Crippen molar-refractivity contribution in [3.05, 3.63) is 54.0 Å². The molecule has 0 spiro atoms. The molecule has 1 aliphatic heterocycles. The molecule has 1 atom stereocenters. The SMILES string of the molecule is Fc1ccc(F)c(C2CCCN2c2ncn3nccc3n2)c1. The van der Waals surface area contributed by atoms with Gasteiger partial charge in [-0.2, -0.15) is 10.1 Å². The average molecular weight is 301 g/mol. The zero-order valence-corrected chi connectivity index (χ0v) is 11.7.